The van der Waals surface area contributed by atoms with Crippen molar-refractivity contribution >= 4 is 23.2 Å². The molecule has 0 bridgehead atoms. The number of benzene rings is 2. The summed E-state index contributed by atoms with van der Waals surface area (Å²) in [6.45, 7) is -0.129. The number of nitrogens with zero attached hydrogens (tertiary/aromatic N) is 4. The molecule has 2 amide bonds. The lowest BCUT2D eigenvalue weighted by Crippen LogP contribution is -2.38. The highest BCUT2D eigenvalue weighted by molar-refractivity contribution is 6.02. The number of aromatic nitrogens is 2. The van der Waals surface area contributed by atoms with Crippen LogP contribution in [-0.2, 0) is 9.59 Å². The van der Waals surface area contributed by atoms with Crippen molar-refractivity contribution in [1.29, 1.82) is 0 Å². The van der Waals surface area contributed by atoms with E-state index in [-0.39, 0.29) is 31.6 Å². The summed E-state index contributed by atoms with van der Waals surface area (Å²) in [6.07, 6.45) is 0.464. The number of hydrogen-bond acceptors (Lipinski definition) is 10. The van der Waals surface area contributed by atoms with Crippen molar-refractivity contribution in [3.63, 3.8) is 0 Å². The first kappa shape index (κ1) is 22.2. The van der Waals surface area contributed by atoms with Crippen LogP contribution in [0.2, 0.25) is 0 Å². The van der Waals surface area contributed by atoms with Gasteiger partial charge in [-0.15, -0.1) is 0 Å². The highest BCUT2D eigenvalue weighted by Crippen LogP contribution is 2.35. The van der Waals surface area contributed by atoms with Crippen LogP contribution in [0.3, 0.4) is 0 Å². The quantitative estimate of drug-likeness (QED) is 0.541. The van der Waals surface area contributed by atoms with Gasteiger partial charge in [0, 0.05) is 24.5 Å². The SMILES string of the molecule is COc1ccc(NC(=O)CN2N=C(c3nc(-c4ccc5c(c4)OCO5)no3)CCC2=O)c(OC)c1. The second-order valence-corrected chi connectivity index (χ2v) is 7.60. The number of fused-ring (bicyclic) bond motifs is 1. The van der Waals surface area contributed by atoms with E-state index in [1.165, 1.54) is 14.2 Å². The van der Waals surface area contributed by atoms with Gasteiger partial charge in [-0.1, -0.05) is 5.16 Å². The van der Waals surface area contributed by atoms with Crippen LogP contribution in [0.25, 0.3) is 11.4 Å². The number of methoxy groups -OCH3 is 2. The largest absolute Gasteiger partial charge is 0.497 e. The fraction of sp³-hybridized carbons (Fsp3) is 0.261. The molecule has 0 fully saturated rings. The monoisotopic (exact) mass is 479 g/mol. The molecule has 0 radical (unpaired) electrons. The van der Waals surface area contributed by atoms with Gasteiger partial charge in [0.05, 0.1) is 19.9 Å². The van der Waals surface area contributed by atoms with Gasteiger partial charge in [-0.2, -0.15) is 10.1 Å². The summed E-state index contributed by atoms with van der Waals surface area (Å²) in [4.78, 5) is 29.4. The van der Waals surface area contributed by atoms with Crippen molar-refractivity contribution in [2.75, 3.05) is 32.9 Å². The summed E-state index contributed by atoms with van der Waals surface area (Å²) >= 11 is 0. The van der Waals surface area contributed by atoms with Crippen molar-refractivity contribution < 1.29 is 33.1 Å². The van der Waals surface area contributed by atoms with E-state index < -0.39 is 5.91 Å². The Labute approximate surface area is 199 Å². The number of anilines is 1. The second-order valence-electron chi connectivity index (χ2n) is 7.60. The van der Waals surface area contributed by atoms with Crippen molar-refractivity contribution in [3.8, 4) is 34.4 Å². The topological polar surface area (TPSA) is 138 Å². The summed E-state index contributed by atoms with van der Waals surface area (Å²) < 4.78 is 26.5. The Hall–Kier alpha value is -4.61. The highest BCUT2D eigenvalue weighted by atomic mass is 16.7. The van der Waals surface area contributed by atoms with Gasteiger partial charge in [-0.3, -0.25) is 9.59 Å². The van der Waals surface area contributed by atoms with Gasteiger partial charge in [0.2, 0.25) is 24.4 Å². The zero-order valence-electron chi connectivity index (χ0n) is 18.9. The Kier molecular flexibility index (Phi) is 5.92. The van der Waals surface area contributed by atoms with Crippen LogP contribution in [0, 0.1) is 0 Å². The van der Waals surface area contributed by atoms with E-state index in [0.29, 0.717) is 52.2 Å². The number of hydrazone groups is 1. The molecule has 3 heterocycles. The van der Waals surface area contributed by atoms with E-state index in [1.54, 1.807) is 36.4 Å². The smallest absolute Gasteiger partial charge is 0.274 e. The van der Waals surface area contributed by atoms with Crippen LogP contribution >= 0.6 is 0 Å². The summed E-state index contributed by atoms with van der Waals surface area (Å²) in [5.74, 6) is 2.03. The van der Waals surface area contributed by atoms with Gasteiger partial charge in [-0.05, 0) is 30.3 Å². The maximum Gasteiger partial charge on any atom is 0.274 e. The number of carbonyl (C=O) groups excluding carboxylic acids is 2. The molecule has 180 valence electrons. The molecule has 0 saturated heterocycles. The molecule has 0 atom stereocenters. The van der Waals surface area contributed by atoms with Crippen molar-refractivity contribution in [3.05, 3.63) is 42.3 Å². The fourth-order valence-corrected chi connectivity index (χ4v) is 3.60. The lowest BCUT2D eigenvalue weighted by molar-refractivity contribution is -0.135. The van der Waals surface area contributed by atoms with Gasteiger partial charge < -0.3 is 28.8 Å². The summed E-state index contributed by atoms with van der Waals surface area (Å²) in [6, 6.07) is 10.3. The molecule has 0 unspecified atom stereocenters. The fourth-order valence-electron chi connectivity index (χ4n) is 3.60. The molecular weight excluding hydrogens is 458 g/mol. The van der Waals surface area contributed by atoms with E-state index >= 15 is 0 Å². The van der Waals surface area contributed by atoms with Crippen molar-refractivity contribution in [2.45, 2.75) is 12.8 Å². The van der Waals surface area contributed by atoms with Crippen LogP contribution in [0.1, 0.15) is 18.7 Å². The molecule has 2 aromatic carbocycles. The number of carbonyl (C=O) groups is 2. The molecule has 2 aliphatic rings. The number of amides is 2. The lowest BCUT2D eigenvalue weighted by Gasteiger charge is -2.22. The maximum absolute atomic E-state index is 12.6. The molecule has 5 rings (SSSR count). The summed E-state index contributed by atoms with van der Waals surface area (Å²) in [5.41, 5.74) is 1.54. The summed E-state index contributed by atoms with van der Waals surface area (Å²) in [7, 11) is 3.02. The van der Waals surface area contributed by atoms with Crippen LogP contribution in [0.4, 0.5) is 5.69 Å². The number of rotatable bonds is 7. The van der Waals surface area contributed by atoms with E-state index in [2.05, 4.69) is 20.6 Å². The third kappa shape index (κ3) is 4.58. The number of hydrogen-bond donors (Lipinski definition) is 1. The minimum absolute atomic E-state index is 0.152. The molecule has 0 spiro atoms. The third-order valence-electron chi connectivity index (χ3n) is 5.38. The zero-order chi connectivity index (χ0) is 24.4. The van der Waals surface area contributed by atoms with E-state index in [9.17, 15) is 9.59 Å². The van der Waals surface area contributed by atoms with E-state index in [1.807, 2.05) is 0 Å². The molecule has 0 saturated carbocycles. The first-order valence-corrected chi connectivity index (χ1v) is 10.7. The first-order valence-electron chi connectivity index (χ1n) is 10.7. The van der Waals surface area contributed by atoms with Gasteiger partial charge in [-0.25, -0.2) is 5.01 Å². The average molecular weight is 479 g/mol. The Bertz CT molecular complexity index is 1320. The molecule has 2 aliphatic heterocycles. The second kappa shape index (κ2) is 9.33. The molecule has 12 heteroatoms. The van der Waals surface area contributed by atoms with Gasteiger partial charge in [0.1, 0.15) is 23.8 Å². The number of ether oxygens (including phenoxy) is 4. The van der Waals surface area contributed by atoms with E-state index in [4.69, 9.17) is 23.5 Å². The number of nitrogens with one attached hydrogen (secondary N) is 1. The molecule has 0 aliphatic carbocycles. The van der Waals surface area contributed by atoms with Gasteiger partial charge in [0.25, 0.3) is 5.89 Å². The Morgan fingerprint density at radius 1 is 1.09 bits per heavy atom. The first-order chi connectivity index (χ1) is 17.0. The zero-order valence-corrected chi connectivity index (χ0v) is 18.9. The predicted molar refractivity (Wildman–Crippen MR) is 122 cm³/mol. The van der Waals surface area contributed by atoms with E-state index in [0.717, 1.165) is 5.01 Å². The standard InChI is InChI=1S/C23H21N5O7/c1-31-14-4-5-15(18(10-14)32-2)24-20(29)11-28-21(30)8-6-16(26-28)23-25-22(27-35-23)13-3-7-17-19(9-13)34-12-33-17/h3-5,7,9-10H,6,8,11-12H2,1-2H3,(H,24,29). The molecular formula is C23H21N5O7. The van der Waals surface area contributed by atoms with Crippen LogP contribution in [-0.4, -0.2) is 60.2 Å². The van der Waals surface area contributed by atoms with Crippen molar-refractivity contribution in [2.24, 2.45) is 5.10 Å². The van der Waals surface area contributed by atoms with Gasteiger partial charge >= 0.3 is 0 Å². The molecule has 35 heavy (non-hydrogen) atoms. The molecule has 1 aromatic heterocycles. The van der Waals surface area contributed by atoms with Crippen LogP contribution in [0.15, 0.2) is 46.0 Å². The Balaban J connectivity index is 1.30. The third-order valence-corrected chi connectivity index (χ3v) is 5.38. The Morgan fingerprint density at radius 2 is 1.94 bits per heavy atom. The lowest BCUT2D eigenvalue weighted by atomic mass is 10.1. The molecule has 1 N–H and O–H groups in total. The normalized spacial score (nSPS) is 14.5. The van der Waals surface area contributed by atoms with Gasteiger partial charge in [0.15, 0.2) is 11.5 Å². The summed E-state index contributed by atoms with van der Waals surface area (Å²) in [5, 5.41) is 12.1. The Morgan fingerprint density at radius 3 is 2.77 bits per heavy atom. The van der Waals surface area contributed by atoms with Crippen LogP contribution < -0.4 is 24.3 Å². The van der Waals surface area contributed by atoms with Crippen molar-refractivity contribution in [1.82, 2.24) is 15.1 Å². The molecule has 3 aromatic rings. The predicted octanol–water partition coefficient (Wildman–Crippen LogP) is 2.45. The minimum Gasteiger partial charge on any atom is -0.497 e. The highest BCUT2D eigenvalue weighted by Gasteiger charge is 2.27. The average Bonchev–Trinajstić information content (AvgIpc) is 3.55. The maximum atomic E-state index is 12.6. The van der Waals surface area contributed by atoms with Crippen LogP contribution in [0.5, 0.6) is 23.0 Å². The molecule has 12 nitrogen and oxygen atoms in total. The minimum atomic E-state index is -0.446.